The first kappa shape index (κ1) is 23.0. The number of non-ortho nitro benzene ring substituents is 1. The van der Waals surface area contributed by atoms with Crippen LogP contribution in [0.3, 0.4) is 0 Å². The van der Waals surface area contributed by atoms with Crippen molar-refractivity contribution in [1.82, 2.24) is 10.6 Å². The van der Waals surface area contributed by atoms with Crippen molar-refractivity contribution in [3.05, 3.63) is 88.2 Å². The summed E-state index contributed by atoms with van der Waals surface area (Å²) in [6.07, 6.45) is -5.41. The average molecular weight is 475 g/mol. The van der Waals surface area contributed by atoms with Crippen molar-refractivity contribution in [2.24, 2.45) is 5.92 Å². The number of aliphatic hydroxyl groups is 1. The van der Waals surface area contributed by atoms with E-state index in [1.54, 1.807) is 6.07 Å². The molecule has 3 aromatic rings. The zero-order valence-electron chi connectivity index (χ0n) is 17.1. The van der Waals surface area contributed by atoms with Crippen LogP contribution in [-0.4, -0.2) is 33.7 Å². The third kappa shape index (κ3) is 3.99. The molecule has 0 saturated carbocycles. The molecule has 0 bridgehead atoms. The highest BCUT2D eigenvalue weighted by atomic mass is 19.4. The molecule has 0 spiro atoms. The topological polar surface area (TPSA) is 135 Å². The van der Waals surface area contributed by atoms with Gasteiger partial charge in [-0.3, -0.25) is 14.9 Å². The molecule has 1 aromatic heterocycles. The molecule has 9 nitrogen and oxygen atoms in total. The molecule has 2 heterocycles. The quantitative estimate of drug-likeness (QED) is 0.291. The molecular formula is C22H16F3N3O6. The Kier molecular flexibility index (Phi) is 5.61. The Labute approximate surface area is 189 Å². The van der Waals surface area contributed by atoms with Crippen molar-refractivity contribution < 1.29 is 37.2 Å². The molecular weight excluding hydrogens is 459 g/mol. The summed E-state index contributed by atoms with van der Waals surface area (Å²) < 4.78 is 47.5. The standard InChI is InChI=1S/C22H16F3N3O6/c23-22(24,25)21(31)17(19(29)12-5-2-1-3-6-12)18(26-20(30)27-21)16-10-9-15(34-16)13-7-4-8-14(11-13)28(32)33/h1-11,17-18,31H,(H2,26,27,30)/t17-,18-,21-/m1/s1. The Morgan fingerprint density at radius 2 is 1.79 bits per heavy atom. The predicted molar refractivity (Wildman–Crippen MR) is 110 cm³/mol. The number of alkyl halides is 3. The van der Waals surface area contributed by atoms with Crippen molar-refractivity contribution in [2.45, 2.75) is 17.9 Å². The first-order chi connectivity index (χ1) is 16.0. The molecule has 2 amide bonds. The molecule has 3 atom stereocenters. The van der Waals surface area contributed by atoms with Gasteiger partial charge >= 0.3 is 12.2 Å². The van der Waals surface area contributed by atoms with Gasteiger partial charge < -0.3 is 20.2 Å². The molecule has 12 heteroatoms. The molecule has 0 unspecified atom stereocenters. The van der Waals surface area contributed by atoms with Crippen molar-refractivity contribution in [2.75, 3.05) is 0 Å². The van der Waals surface area contributed by atoms with E-state index in [1.165, 1.54) is 66.0 Å². The molecule has 4 rings (SSSR count). The summed E-state index contributed by atoms with van der Waals surface area (Å²) in [6, 6.07) is 11.8. The second-order valence-corrected chi connectivity index (χ2v) is 7.56. The number of amides is 2. The maximum absolute atomic E-state index is 14.0. The van der Waals surface area contributed by atoms with Crippen LogP contribution in [0.4, 0.5) is 23.7 Å². The summed E-state index contributed by atoms with van der Waals surface area (Å²) in [6.45, 7) is 0. The Hall–Kier alpha value is -4.19. The minimum Gasteiger partial charge on any atom is -0.459 e. The van der Waals surface area contributed by atoms with Crippen LogP contribution in [0.1, 0.15) is 22.2 Å². The summed E-state index contributed by atoms with van der Waals surface area (Å²) in [5, 5.41) is 25.3. The van der Waals surface area contributed by atoms with Gasteiger partial charge in [-0.15, -0.1) is 0 Å². The predicted octanol–water partition coefficient (Wildman–Crippen LogP) is 3.96. The van der Waals surface area contributed by atoms with Crippen LogP contribution in [0.15, 0.2) is 71.1 Å². The number of rotatable bonds is 5. The molecule has 1 aliphatic heterocycles. The van der Waals surface area contributed by atoms with Gasteiger partial charge in [-0.1, -0.05) is 42.5 Å². The summed E-state index contributed by atoms with van der Waals surface area (Å²) in [4.78, 5) is 35.7. The van der Waals surface area contributed by atoms with E-state index in [0.717, 1.165) is 0 Å². The average Bonchev–Trinajstić information content (AvgIpc) is 3.28. The van der Waals surface area contributed by atoms with Crippen molar-refractivity contribution in [3.63, 3.8) is 0 Å². The van der Waals surface area contributed by atoms with Crippen LogP contribution >= 0.6 is 0 Å². The maximum Gasteiger partial charge on any atom is 0.437 e. The van der Waals surface area contributed by atoms with Crippen molar-refractivity contribution in [3.8, 4) is 11.3 Å². The fraction of sp³-hybridized carbons (Fsp3) is 0.182. The second kappa shape index (κ2) is 8.30. The minimum absolute atomic E-state index is 0.0490. The Bertz CT molecular complexity index is 1260. The van der Waals surface area contributed by atoms with E-state index >= 15 is 0 Å². The van der Waals surface area contributed by atoms with E-state index in [4.69, 9.17) is 4.42 Å². The molecule has 1 aliphatic rings. The zero-order valence-corrected chi connectivity index (χ0v) is 17.1. The number of ketones is 1. The highest BCUT2D eigenvalue weighted by Crippen LogP contribution is 2.44. The fourth-order valence-corrected chi connectivity index (χ4v) is 3.81. The highest BCUT2D eigenvalue weighted by molar-refractivity contribution is 6.00. The normalized spacial score (nSPS) is 22.5. The van der Waals surface area contributed by atoms with E-state index in [2.05, 4.69) is 5.32 Å². The third-order valence-electron chi connectivity index (χ3n) is 5.42. The van der Waals surface area contributed by atoms with Gasteiger partial charge in [0.15, 0.2) is 5.78 Å². The summed E-state index contributed by atoms with van der Waals surface area (Å²) in [5.41, 5.74) is -4.01. The van der Waals surface area contributed by atoms with Gasteiger partial charge in [-0.25, -0.2) is 4.79 Å². The van der Waals surface area contributed by atoms with E-state index in [1.807, 2.05) is 0 Å². The van der Waals surface area contributed by atoms with Gasteiger partial charge in [0, 0.05) is 23.3 Å². The van der Waals surface area contributed by atoms with Gasteiger partial charge in [-0.2, -0.15) is 13.2 Å². The first-order valence-electron chi connectivity index (χ1n) is 9.83. The Morgan fingerprint density at radius 3 is 2.44 bits per heavy atom. The van der Waals surface area contributed by atoms with E-state index < -0.39 is 40.6 Å². The number of nitrogens with one attached hydrogen (secondary N) is 2. The maximum atomic E-state index is 14.0. The number of Topliss-reactive ketones (excluding diaryl/α,β-unsaturated/α-hetero) is 1. The lowest BCUT2D eigenvalue weighted by Gasteiger charge is -2.44. The number of hydrogen-bond donors (Lipinski definition) is 3. The molecule has 34 heavy (non-hydrogen) atoms. The first-order valence-corrected chi connectivity index (χ1v) is 9.83. The SMILES string of the molecule is O=C1N[C@H](c2ccc(-c3cccc([N+](=O)[O-])c3)o2)[C@H](C(=O)c2ccccc2)[C@@](O)(C(F)(F)F)N1. The Morgan fingerprint density at radius 1 is 1.09 bits per heavy atom. The Balaban J connectivity index is 1.80. The number of nitro benzene ring substituents is 1. The minimum atomic E-state index is -5.41. The second-order valence-electron chi connectivity index (χ2n) is 7.56. The molecule has 3 N–H and O–H groups in total. The van der Waals surface area contributed by atoms with Gasteiger partial charge in [0.25, 0.3) is 5.69 Å². The number of carbonyl (C=O) groups excluding carboxylic acids is 2. The molecule has 0 aliphatic carbocycles. The van der Waals surface area contributed by atoms with Gasteiger partial charge in [0.05, 0.1) is 4.92 Å². The fourth-order valence-electron chi connectivity index (χ4n) is 3.81. The number of benzene rings is 2. The molecule has 1 saturated heterocycles. The van der Waals surface area contributed by atoms with Gasteiger partial charge in [0.1, 0.15) is 23.5 Å². The lowest BCUT2D eigenvalue weighted by molar-refractivity contribution is -0.384. The van der Waals surface area contributed by atoms with Gasteiger partial charge in [0.2, 0.25) is 5.72 Å². The van der Waals surface area contributed by atoms with Crippen molar-refractivity contribution >= 4 is 17.5 Å². The molecule has 2 aromatic carbocycles. The lowest BCUT2D eigenvalue weighted by atomic mass is 9.79. The van der Waals surface area contributed by atoms with Gasteiger partial charge in [-0.05, 0) is 12.1 Å². The monoisotopic (exact) mass is 475 g/mol. The third-order valence-corrected chi connectivity index (χ3v) is 5.42. The van der Waals surface area contributed by atoms with Crippen LogP contribution < -0.4 is 10.6 Å². The van der Waals surface area contributed by atoms with Crippen LogP contribution in [0.2, 0.25) is 0 Å². The number of halogens is 3. The van der Waals surface area contributed by atoms with Crippen LogP contribution in [0, 0.1) is 16.0 Å². The van der Waals surface area contributed by atoms with E-state index in [9.17, 15) is 38.0 Å². The highest BCUT2D eigenvalue weighted by Gasteiger charge is 2.66. The largest absolute Gasteiger partial charge is 0.459 e. The summed E-state index contributed by atoms with van der Waals surface area (Å²) >= 11 is 0. The number of carbonyl (C=O) groups is 2. The zero-order chi connectivity index (χ0) is 24.7. The van der Waals surface area contributed by atoms with Crippen LogP contribution in [0.25, 0.3) is 11.3 Å². The number of furan rings is 1. The molecule has 1 fully saturated rings. The number of nitro groups is 1. The molecule has 176 valence electrons. The lowest BCUT2D eigenvalue weighted by Crippen LogP contribution is -2.72. The van der Waals surface area contributed by atoms with Crippen molar-refractivity contribution in [1.29, 1.82) is 0 Å². The number of hydrogen-bond acceptors (Lipinski definition) is 6. The van der Waals surface area contributed by atoms with E-state index in [-0.39, 0.29) is 28.3 Å². The number of nitrogens with zero attached hydrogens (tertiary/aromatic N) is 1. The van der Waals surface area contributed by atoms with Crippen LogP contribution in [-0.2, 0) is 0 Å². The summed E-state index contributed by atoms with van der Waals surface area (Å²) in [5.74, 6) is -3.55. The van der Waals surface area contributed by atoms with E-state index in [0.29, 0.717) is 0 Å². The smallest absolute Gasteiger partial charge is 0.437 e. The number of urea groups is 1. The summed E-state index contributed by atoms with van der Waals surface area (Å²) in [7, 11) is 0. The molecule has 0 radical (unpaired) electrons. The van der Waals surface area contributed by atoms with Crippen LogP contribution in [0.5, 0.6) is 0 Å².